The lowest BCUT2D eigenvalue weighted by atomic mass is 9.68. The van der Waals surface area contributed by atoms with Gasteiger partial charge in [0.2, 0.25) is 15.9 Å². The Balaban J connectivity index is 1.44. The van der Waals surface area contributed by atoms with Gasteiger partial charge in [-0.2, -0.15) is 0 Å². The highest BCUT2D eigenvalue weighted by molar-refractivity contribution is 7.90. The zero-order valence-electron chi connectivity index (χ0n) is 17.4. The summed E-state index contributed by atoms with van der Waals surface area (Å²) in [5.41, 5.74) is 4.83. The van der Waals surface area contributed by atoms with Crippen LogP contribution >= 0.6 is 0 Å². The number of amides is 1. The first-order valence-corrected chi connectivity index (χ1v) is 12.2. The zero-order chi connectivity index (χ0) is 21.4. The molecule has 4 bridgehead atoms. The molecule has 4 aliphatic carbocycles. The molecule has 0 aromatic heterocycles. The first-order valence-electron chi connectivity index (χ1n) is 10.7. The number of benzene rings is 1. The number of hydrogen-bond acceptors (Lipinski definition) is 5. The van der Waals surface area contributed by atoms with Gasteiger partial charge in [0.05, 0.1) is 11.0 Å². The maximum atomic E-state index is 13.2. The number of ether oxygens (including phenoxy) is 1. The van der Waals surface area contributed by atoms with Gasteiger partial charge in [0.15, 0.2) is 0 Å². The van der Waals surface area contributed by atoms with Gasteiger partial charge in [-0.3, -0.25) is 4.79 Å². The maximum absolute atomic E-state index is 13.2. The van der Waals surface area contributed by atoms with Gasteiger partial charge < -0.3 is 10.5 Å². The number of rotatable bonds is 4. The van der Waals surface area contributed by atoms with E-state index in [0.29, 0.717) is 18.8 Å². The summed E-state index contributed by atoms with van der Waals surface area (Å²) in [5.74, 6) is 0.440. The van der Waals surface area contributed by atoms with Crippen molar-refractivity contribution in [3.8, 4) is 0 Å². The number of nitrogens with one attached hydrogen (secondary N) is 1. The van der Waals surface area contributed by atoms with Crippen LogP contribution in [0.2, 0.25) is 0 Å². The SMILES string of the molecule is CC1(C)OC(=NC23CC4CC2CC(C(N)=O)(C4)C3)NS(=O)(=O)C1Cc1ccccc1. The van der Waals surface area contributed by atoms with Gasteiger partial charge in [-0.15, -0.1) is 0 Å². The quantitative estimate of drug-likeness (QED) is 0.761. The van der Waals surface area contributed by atoms with Gasteiger partial charge in [0.25, 0.3) is 6.02 Å². The van der Waals surface area contributed by atoms with Crippen LogP contribution in [0.1, 0.15) is 51.5 Å². The van der Waals surface area contributed by atoms with Crippen LogP contribution in [0.4, 0.5) is 0 Å². The van der Waals surface area contributed by atoms with Crippen molar-refractivity contribution in [2.75, 3.05) is 0 Å². The van der Waals surface area contributed by atoms with Crippen molar-refractivity contribution in [2.45, 2.75) is 68.8 Å². The average molecular weight is 432 g/mol. The first-order chi connectivity index (χ1) is 14.0. The summed E-state index contributed by atoms with van der Waals surface area (Å²) in [5, 5.41) is -0.739. The summed E-state index contributed by atoms with van der Waals surface area (Å²) in [6.45, 7) is 3.60. The minimum Gasteiger partial charge on any atom is -0.457 e. The van der Waals surface area contributed by atoms with E-state index in [2.05, 4.69) is 4.72 Å². The normalized spacial score (nSPS) is 41.4. The summed E-state index contributed by atoms with van der Waals surface area (Å²) in [6, 6.07) is 9.62. The van der Waals surface area contributed by atoms with Gasteiger partial charge in [0, 0.05) is 0 Å². The third-order valence-electron chi connectivity index (χ3n) is 7.83. The first kappa shape index (κ1) is 19.8. The summed E-state index contributed by atoms with van der Waals surface area (Å²) >= 11 is 0. The average Bonchev–Trinajstić information content (AvgIpc) is 3.00. The minimum absolute atomic E-state index is 0.0668. The Bertz CT molecular complexity index is 1020. The molecule has 7 nitrogen and oxygen atoms in total. The predicted octanol–water partition coefficient (Wildman–Crippen LogP) is 2.12. The van der Waals surface area contributed by atoms with Crippen LogP contribution in [0.3, 0.4) is 0 Å². The number of nitrogens with two attached hydrogens (primary N) is 1. The van der Waals surface area contributed by atoms with E-state index in [1.165, 1.54) is 0 Å². The maximum Gasteiger partial charge on any atom is 0.299 e. The van der Waals surface area contributed by atoms with Crippen molar-refractivity contribution in [1.82, 2.24) is 4.72 Å². The molecular formula is C22H29N3O4S. The van der Waals surface area contributed by atoms with Crippen LogP contribution in [0, 0.1) is 17.3 Å². The molecule has 0 radical (unpaired) electrons. The van der Waals surface area contributed by atoms with Crippen LogP contribution < -0.4 is 10.5 Å². The molecule has 162 valence electrons. The van der Waals surface area contributed by atoms with E-state index in [1.807, 2.05) is 30.3 Å². The molecule has 0 spiro atoms. The van der Waals surface area contributed by atoms with Crippen molar-refractivity contribution in [3.63, 3.8) is 0 Å². The molecule has 6 rings (SSSR count). The Labute approximate surface area is 177 Å². The Morgan fingerprint density at radius 3 is 2.63 bits per heavy atom. The molecule has 5 fully saturated rings. The highest BCUT2D eigenvalue weighted by Gasteiger charge is 2.67. The molecule has 5 atom stereocenters. The lowest BCUT2D eigenvalue weighted by Crippen LogP contribution is -2.59. The Kier molecular flexibility index (Phi) is 4.11. The number of aliphatic imine (C=N–C) groups is 1. The van der Waals surface area contributed by atoms with Gasteiger partial charge in [-0.25, -0.2) is 18.1 Å². The molecule has 1 heterocycles. The fourth-order valence-corrected chi connectivity index (χ4v) is 8.33. The summed E-state index contributed by atoms with van der Waals surface area (Å²) in [7, 11) is -3.68. The molecule has 1 amide bonds. The second kappa shape index (κ2) is 6.22. The predicted molar refractivity (Wildman–Crippen MR) is 113 cm³/mol. The number of sulfonamides is 1. The molecule has 8 heteroatoms. The number of nitrogens with zero attached hydrogens (tertiary/aromatic N) is 1. The molecule has 1 aliphatic heterocycles. The lowest BCUT2D eigenvalue weighted by Gasteiger charge is -2.41. The van der Waals surface area contributed by atoms with E-state index >= 15 is 0 Å². The Morgan fingerprint density at radius 1 is 1.23 bits per heavy atom. The van der Waals surface area contributed by atoms with Crippen LogP contribution in [-0.4, -0.2) is 36.7 Å². The molecule has 5 aliphatic rings. The van der Waals surface area contributed by atoms with E-state index in [4.69, 9.17) is 15.5 Å². The van der Waals surface area contributed by atoms with Crippen LogP contribution in [0.5, 0.6) is 0 Å². The lowest BCUT2D eigenvalue weighted by molar-refractivity contribution is -0.130. The summed E-state index contributed by atoms with van der Waals surface area (Å²) in [4.78, 5) is 17.1. The largest absolute Gasteiger partial charge is 0.457 e. The second-order valence-electron chi connectivity index (χ2n) is 10.3. The van der Waals surface area contributed by atoms with E-state index in [9.17, 15) is 13.2 Å². The molecule has 30 heavy (non-hydrogen) atoms. The van der Waals surface area contributed by atoms with Gasteiger partial charge in [-0.05, 0) is 69.8 Å². The third kappa shape index (κ3) is 2.94. The van der Waals surface area contributed by atoms with Crippen molar-refractivity contribution >= 4 is 22.0 Å². The van der Waals surface area contributed by atoms with Crippen molar-refractivity contribution in [3.05, 3.63) is 35.9 Å². The second-order valence-corrected chi connectivity index (χ2v) is 12.1. The minimum atomic E-state index is -3.68. The monoisotopic (exact) mass is 431 g/mol. The number of carbonyl (C=O) groups is 1. The highest BCUT2D eigenvalue weighted by atomic mass is 32.2. The van der Waals surface area contributed by atoms with E-state index < -0.39 is 31.8 Å². The number of hydrogen-bond donors (Lipinski definition) is 2. The van der Waals surface area contributed by atoms with E-state index in [0.717, 1.165) is 31.2 Å². The molecule has 4 saturated carbocycles. The Hall–Kier alpha value is -2.09. The molecular weight excluding hydrogens is 402 g/mol. The van der Waals surface area contributed by atoms with Crippen molar-refractivity contribution in [2.24, 2.45) is 28.0 Å². The fourth-order valence-electron chi connectivity index (χ4n) is 6.65. The summed E-state index contributed by atoms with van der Waals surface area (Å²) < 4.78 is 35.1. The molecule has 3 N–H and O–H groups in total. The van der Waals surface area contributed by atoms with E-state index in [1.54, 1.807) is 13.8 Å². The number of primary amides is 1. The van der Waals surface area contributed by atoms with Gasteiger partial charge >= 0.3 is 0 Å². The number of carbonyl (C=O) groups excluding carboxylic acids is 1. The highest BCUT2D eigenvalue weighted by Crippen LogP contribution is 2.67. The Morgan fingerprint density at radius 2 is 1.97 bits per heavy atom. The fraction of sp³-hybridized carbons (Fsp3) is 0.636. The smallest absolute Gasteiger partial charge is 0.299 e. The molecule has 1 aromatic carbocycles. The topological polar surface area (TPSA) is 111 Å². The van der Waals surface area contributed by atoms with Gasteiger partial charge in [-0.1, -0.05) is 30.3 Å². The third-order valence-corrected chi connectivity index (χ3v) is 9.77. The summed E-state index contributed by atoms with van der Waals surface area (Å²) in [6.07, 6.45) is 4.44. The molecule has 1 aromatic rings. The van der Waals surface area contributed by atoms with Gasteiger partial charge in [0.1, 0.15) is 10.9 Å². The van der Waals surface area contributed by atoms with Crippen molar-refractivity contribution < 1.29 is 17.9 Å². The van der Waals surface area contributed by atoms with Crippen LogP contribution in [0.15, 0.2) is 35.3 Å². The van der Waals surface area contributed by atoms with E-state index in [-0.39, 0.29) is 17.8 Å². The number of amidine groups is 1. The van der Waals surface area contributed by atoms with Crippen molar-refractivity contribution in [1.29, 1.82) is 0 Å². The van der Waals surface area contributed by atoms with Crippen LogP contribution in [-0.2, 0) is 26.0 Å². The van der Waals surface area contributed by atoms with Crippen LogP contribution in [0.25, 0.3) is 0 Å². The molecule has 1 saturated heterocycles. The standard InChI is InChI=1S/C22H29N3O4S/c1-20(2)17(9-14-6-4-3-5-7-14)30(27,28)25-19(29-20)24-22-11-15-8-16(22)12-21(10-15,13-22)18(23)26/h3-7,15-17H,8-13H2,1-2H3,(H2,23,26)(H,24,25). The zero-order valence-corrected chi connectivity index (χ0v) is 18.2. The molecule has 5 unspecified atom stereocenters.